The molecule has 1 aromatic heterocycles. The molecule has 2 unspecified atom stereocenters. The van der Waals surface area contributed by atoms with Gasteiger partial charge in [-0.2, -0.15) is 0 Å². The van der Waals surface area contributed by atoms with Crippen molar-refractivity contribution in [2.45, 2.75) is 64.5 Å². The average Bonchev–Trinajstić information content (AvgIpc) is 2.68. The molecule has 20 heavy (non-hydrogen) atoms. The lowest BCUT2D eigenvalue weighted by Gasteiger charge is -2.65. The summed E-state index contributed by atoms with van der Waals surface area (Å²) in [5.74, 6) is 1.99. The third kappa shape index (κ3) is 2.18. The van der Waals surface area contributed by atoms with Crippen LogP contribution in [0.15, 0.2) is 21.2 Å². The van der Waals surface area contributed by atoms with Gasteiger partial charge in [-0.25, -0.2) is 0 Å². The van der Waals surface area contributed by atoms with E-state index in [0.29, 0.717) is 16.4 Å². The molecule has 0 saturated heterocycles. The normalized spacial score (nSPS) is 46.0. The molecule has 0 aliphatic heterocycles. The second kappa shape index (κ2) is 4.13. The standard InChI is InChI=1S/C17H24BrNO/c1-15-5-12-6-16(2,9-15)11-17(7-12,10-15)19-8-13-3-4-14(18)20-13/h3-4,12,19H,5-11H2,1-2H3. The molecule has 0 amide bonds. The zero-order valence-electron chi connectivity index (χ0n) is 12.5. The summed E-state index contributed by atoms with van der Waals surface area (Å²) in [4.78, 5) is 0. The van der Waals surface area contributed by atoms with Crippen LogP contribution in [-0.2, 0) is 6.54 Å². The lowest BCUT2D eigenvalue weighted by atomic mass is 9.43. The molecule has 4 bridgehead atoms. The lowest BCUT2D eigenvalue weighted by molar-refractivity contribution is -0.118. The Morgan fingerprint density at radius 3 is 2.40 bits per heavy atom. The molecular weight excluding hydrogens is 314 g/mol. The molecule has 0 aromatic carbocycles. The Morgan fingerprint density at radius 1 is 1.15 bits per heavy atom. The highest BCUT2D eigenvalue weighted by molar-refractivity contribution is 9.10. The monoisotopic (exact) mass is 337 g/mol. The van der Waals surface area contributed by atoms with Crippen molar-refractivity contribution in [1.29, 1.82) is 0 Å². The predicted octanol–water partition coefficient (Wildman–Crippen LogP) is 4.88. The molecule has 0 spiro atoms. The molecule has 1 N–H and O–H groups in total. The van der Waals surface area contributed by atoms with Crippen molar-refractivity contribution in [3.63, 3.8) is 0 Å². The van der Waals surface area contributed by atoms with E-state index in [1.807, 2.05) is 6.07 Å². The van der Waals surface area contributed by atoms with Gasteiger partial charge in [0.15, 0.2) is 4.67 Å². The SMILES string of the molecule is CC12CC3CC(C)(C1)CC(NCc1ccc(Br)o1)(C3)C2. The average molecular weight is 338 g/mol. The number of nitrogens with one attached hydrogen (secondary N) is 1. The van der Waals surface area contributed by atoms with Gasteiger partial charge in [0.05, 0.1) is 6.54 Å². The summed E-state index contributed by atoms with van der Waals surface area (Å²) in [5.41, 5.74) is 1.51. The van der Waals surface area contributed by atoms with Crippen molar-refractivity contribution in [1.82, 2.24) is 5.32 Å². The van der Waals surface area contributed by atoms with Crippen LogP contribution in [0.1, 0.15) is 58.1 Å². The van der Waals surface area contributed by atoms with Gasteiger partial charge in [0, 0.05) is 5.54 Å². The van der Waals surface area contributed by atoms with Crippen LogP contribution < -0.4 is 5.32 Å². The van der Waals surface area contributed by atoms with Gasteiger partial charge in [-0.3, -0.25) is 0 Å². The minimum absolute atomic E-state index is 0.363. The van der Waals surface area contributed by atoms with Crippen LogP contribution in [0.2, 0.25) is 0 Å². The number of halogens is 1. The topological polar surface area (TPSA) is 25.2 Å². The van der Waals surface area contributed by atoms with E-state index in [1.54, 1.807) is 0 Å². The van der Waals surface area contributed by atoms with Crippen molar-refractivity contribution in [2.24, 2.45) is 16.7 Å². The lowest BCUT2D eigenvalue weighted by Crippen LogP contribution is -2.63. The molecule has 2 atom stereocenters. The van der Waals surface area contributed by atoms with Gasteiger partial charge in [-0.1, -0.05) is 13.8 Å². The Morgan fingerprint density at radius 2 is 1.85 bits per heavy atom. The summed E-state index contributed by atoms with van der Waals surface area (Å²) < 4.78 is 6.48. The third-order valence-electron chi connectivity index (χ3n) is 5.89. The van der Waals surface area contributed by atoms with Crippen LogP contribution in [0.25, 0.3) is 0 Å². The van der Waals surface area contributed by atoms with Crippen LogP contribution in [-0.4, -0.2) is 5.54 Å². The van der Waals surface area contributed by atoms with Crippen LogP contribution in [0, 0.1) is 16.7 Å². The zero-order chi connectivity index (χ0) is 14.0. The summed E-state index contributed by atoms with van der Waals surface area (Å²) in [6.45, 7) is 5.91. The Balaban J connectivity index is 1.55. The summed E-state index contributed by atoms with van der Waals surface area (Å²) >= 11 is 3.39. The largest absolute Gasteiger partial charge is 0.453 e. The second-order valence-electron chi connectivity index (χ2n) is 8.47. The third-order valence-corrected chi connectivity index (χ3v) is 6.32. The first-order valence-corrected chi connectivity index (χ1v) is 8.66. The summed E-state index contributed by atoms with van der Waals surface area (Å²) in [6, 6.07) is 4.06. The van der Waals surface area contributed by atoms with Gasteiger partial charge in [0.2, 0.25) is 0 Å². The first kappa shape index (κ1) is 13.4. The predicted molar refractivity (Wildman–Crippen MR) is 83.4 cm³/mol. The first-order valence-electron chi connectivity index (χ1n) is 7.87. The van der Waals surface area contributed by atoms with E-state index in [1.165, 1.54) is 38.5 Å². The minimum Gasteiger partial charge on any atom is -0.453 e. The Hall–Kier alpha value is -0.280. The highest BCUT2D eigenvalue weighted by Crippen LogP contribution is 2.66. The zero-order valence-corrected chi connectivity index (χ0v) is 14.1. The van der Waals surface area contributed by atoms with Crippen LogP contribution in [0.3, 0.4) is 0 Å². The maximum atomic E-state index is 5.65. The summed E-state index contributed by atoms with van der Waals surface area (Å²) in [7, 11) is 0. The smallest absolute Gasteiger partial charge is 0.169 e. The number of rotatable bonds is 3. The number of furan rings is 1. The molecule has 4 aliphatic carbocycles. The number of hydrogen-bond acceptors (Lipinski definition) is 2. The van der Waals surface area contributed by atoms with E-state index in [0.717, 1.165) is 22.9 Å². The van der Waals surface area contributed by atoms with E-state index in [-0.39, 0.29) is 0 Å². The molecule has 4 fully saturated rings. The fourth-order valence-corrected chi connectivity index (χ4v) is 6.71. The maximum absolute atomic E-state index is 5.65. The molecule has 1 heterocycles. The Kier molecular flexibility index (Phi) is 2.77. The fourth-order valence-electron chi connectivity index (χ4n) is 6.37. The van der Waals surface area contributed by atoms with Gasteiger partial charge >= 0.3 is 0 Å². The van der Waals surface area contributed by atoms with Crippen molar-refractivity contribution in [3.8, 4) is 0 Å². The fraction of sp³-hybridized carbons (Fsp3) is 0.765. The molecule has 2 nitrogen and oxygen atoms in total. The van der Waals surface area contributed by atoms with Gasteiger partial charge in [0.1, 0.15) is 5.76 Å². The molecule has 0 radical (unpaired) electrons. The van der Waals surface area contributed by atoms with Gasteiger partial charge in [-0.05, 0) is 83.3 Å². The Labute approximate surface area is 129 Å². The maximum Gasteiger partial charge on any atom is 0.169 e. The van der Waals surface area contributed by atoms with E-state index >= 15 is 0 Å². The first-order chi connectivity index (χ1) is 9.38. The molecular formula is C17H24BrNO. The summed E-state index contributed by atoms with van der Waals surface area (Å²) in [6.07, 6.45) is 8.44. The van der Waals surface area contributed by atoms with Crippen LogP contribution in [0.4, 0.5) is 0 Å². The van der Waals surface area contributed by atoms with Gasteiger partial charge in [-0.15, -0.1) is 0 Å². The highest BCUT2D eigenvalue weighted by Gasteiger charge is 2.59. The van der Waals surface area contributed by atoms with E-state index < -0.39 is 0 Å². The summed E-state index contributed by atoms with van der Waals surface area (Å²) in [5, 5.41) is 3.89. The van der Waals surface area contributed by atoms with Crippen LogP contribution >= 0.6 is 15.9 Å². The quantitative estimate of drug-likeness (QED) is 0.850. The second-order valence-corrected chi connectivity index (χ2v) is 9.25. The molecule has 110 valence electrons. The molecule has 1 aromatic rings. The van der Waals surface area contributed by atoms with Crippen molar-refractivity contribution in [3.05, 3.63) is 22.6 Å². The van der Waals surface area contributed by atoms with Crippen molar-refractivity contribution in [2.75, 3.05) is 0 Å². The molecule has 5 rings (SSSR count). The van der Waals surface area contributed by atoms with Crippen molar-refractivity contribution >= 4 is 15.9 Å². The van der Waals surface area contributed by atoms with Crippen LogP contribution in [0.5, 0.6) is 0 Å². The molecule has 4 saturated carbocycles. The van der Waals surface area contributed by atoms with E-state index in [4.69, 9.17) is 4.42 Å². The molecule has 3 heteroatoms. The molecule has 4 aliphatic rings. The van der Waals surface area contributed by atoms with Crippen molar-refractivity contribution < 1.29 is 4.42 Å². The van der Waals surface area contributed by atoms with E-state index in [9.17, 15) is 0 Å². The number of hydrogen-bond donors (Lipinski definition) is 1. The van der Waals surface area contributed by atoms with Gasteiger partial charge < -0.3 is 9.73 Å². The highest BCUT2D eigenvalue weighted by atomic mass is 79.9. The Bertz CT molecular complexity index is 519. The van der Waals surface area contributed by atoms with E-state index in [2.05, 4.69) is 41.2 Å². The minimum atomic E-state index is 0.363. The van der Waals surface area contributed by atoms with Gasteiger partial charge in [0.25, 0.3) is 0 Å².